The Balaban J connectivity index is 2.13. The molecule has 1 saturated heterocycles. The van der Waals surface area contributed by atoms with Crippen molar-refractivity contribution in [2.75, 3.05) is 25.0 Å². The fourth-order valence-electron chi connectivity index (χ4n) is 2.45. The smallest absolute Gasteiger partial charge is 0.243 e. The summed E-state index contributed by atoms with van der Waals surface area (Å²) in [5.41, 5.74) is 0.508. The first-order chi connectivity index (χ1) is 10.9. The summed E-state index contributed by atoms with van der Waals surface area (Å²) in [6, 6.07) is 6.41. The largest absolute Gasteiger partial charge is 0.376 e. The van der Waals surface area contributed by atoms with Gasteiger partial charge in [0.2, 0.25) is 15.9 Å². The number of hydrogen-bond donors (Lipinski definition) is 1. The lowest BCUT2D eigenvalue weighted by molar-refractivity contribution is -0.116. The molecule has 23 heavy (non-hydrogen) atoms. The molecule has 1 aliphatic rings. The summed E-state index contributed by atoms with van der Waals surface area (Å²) in [6.45, 7) is 4.96. The summed E-state index contributed by atoms with van der Waals surface area (Å²) in [4.78, 5) is 12.0. The maximum Gasteiger partial charge on any atom is 0.243 e. The predicted octanol–water partition coefficient (Wildman–Crippen LogP) is 2.22. The zero-order chi connectivity index (χ0) is 16.9. The Bertz CT molecular complexity index is 645. The topological polar surface area (TPSA) is 75.7 Å². The lowest BCUT2D eigenvalue weighted by Gasteiger charge is -2.30. The summed E-state index contributed by atoms with van der Waals surface area (Å²) in [5.74, 6) is -0.0959. The molecule has 1 unspecified atom stereocenters. The number of hydrogen-bond acceptors (Lipinski definition) is 4. The van der Waals surface area contributed by atoms with Gasteiger partial charge in [0.1, 0.15) is 0 Å². The van der Waals surface area contributed by atoms with Gasteiger partial charge >= 0.3 is 0 Å². The van der Waals surface area contributed by atoms with Crippen molar-refractivity contribution < 1.29 is 17.9 Å². The van der Waals surface area contributed by atoms with Crippen LogP contribution in [0.15, 0.2) is 29.2 Å². The van der Waals surface area contributed by atoms with E-state index in [1.54, 1.807) is 18.2 Å². The number of rotatable bonds is 6. The van der Waals surface area contributed by atoms with Gasteiger partial charge in [-0.1, -0.05) is 19.4 Å². The van der Waals surface area contributed by atoms with E-state index in [1.165, 1.54) is 10.4 Å². The van der Waals surface area contributed by atoms with Crippen molar-refractivity contribution in [2.24, 2.45) is 0 Å². The lowest BCUT2D eigenvalue weighted by Crippen LogP contribution is -2.44. The van der Waals surface area contributed by atoms with E-state index in [0.717, 1.165) is 12.8 Å². The van der Waals surface area contributed by atoms with Crippen molar-refractivity contribution >= 4 is 21.6 Å². The quantitative estimate of drug-likeness (QED) is 0.861. The standard InChI is InChI=1S/C16H24N2O4S/c1-3-4-8-16(19)17-14-6-5-7-15(11-14)23(20,21)18-9-10-22-13(2)12-18/h5-7,11,13H,3-4,8-10,12H2,1-2H3,(H,17,19). The second kappa shape index (κ2) is 7.90. The lowest BCUT2D eigenvalue weighted by atomic mass is 10.2. The van der Waals surface area contributed by atoms with Crippen molar-refractivity contribution in [3.8, 4) is 0 Å². The van der Waals surface area contributed by atoms with Gasteiger partial charge in [-0.2, -0.15) is 4.31 Å². The van der Waals surface area contributed by atoms with E-state index in [-0.39, 0.29) is 16.9 Å². The molecule has 6 nitrogen and oxygen atoms in total. The van der Waals surface area contributed by atoms with Crippen molar-refractivity contribution in [3.63, 3.8) is 0 Å². The molecule has 0 radical (unpaired) electrons. The summed E-state index contributed by atoms with van der Waals surface area (Å²) < 4.78 is 32.2. The van der Waals surface area contributed by atoms with Gasteiger partial charge in [0, 0.05) is 25.2 Å². The van der Waals surface area contributed by atoms with Crippen LogP contribution in [0.5, 0.6) is 0 Å². The van der Waals surface area contributed by atoms with Crippen LogP contribution in [0.3, 0.4) is 0 Å². The van der Waals surface area contributed by atoms with Gasteiger partial charge in [-0.05, 0) is 31.5 Å². The first-order valence-corrected chi connectivity index (χ1v) is 9.39. The second-order valence-corrected chi connectivity index (χ2v) is 7.66. The number of unbranched alkanes of at least 4 members (excludes halogenated alkanes) is 1. The fourth-order valence-corrected chi connectivity index (χ4v) is 3.99. The van der Waals surface area contributed by atoms with Crippen molar-refractivity contribution in [3.05, 3.63) is 24.3 Å². The maximum absolute atomic E-state index is 12.7. The van der Waals surface area contributed by atoms with E-state index in [2.05, 4.69) is 5.32 Å². The van der Waals surface area contributed by atoms with E-state index < -0.39 is 10.0 Å². The van der Waals surface area contributed by atoms with Gasteiger partial charge in [0.15, 0.2) is 0 Å². The molecule has 0 saturated carbocycles. The average molecular weight is 340 g/mol. The van der Waals surface area contributed by atoms with Crippen LogP contribution in [-0.4, -0.2) is 44.4 Å². The number of sulfonamides is 1. The second-order valence-electron chi connectivity index (χ2n) is 5.72. The van der Waals surface area contributed by atoms with Crippen LogP contribution < -0.4 is 5.32 Å². The average Bonchev–Trinajstić information content (AvgIpc) is 2.53. The van der Waals surface area contributed by atoms with Crippen molar-refractivity contribution in [1.82, 2.24) is 4.31 Å². The highest BCUT2D eigenvalue weighted by molar-refractivity contribution is 7.89. The van der Waals surface area contributed by atoms with Crippen LogP contribution >= 0.6 is 0 Å². The molecule has 1 aliphatic heterocycles. The Morgan fingerprint density at radius 2 is 2.22 bits per heavy atom. The molecule has 0 bridgehead atoms. The normalized spacial score (nSPS) is 19.5. The number of carbonyl (C=O) groups excluding carboxylic acids is 1. The Morgan fingerprint density at radius 1 is 1.43 bits per heavy atom. The monoisotopic (exact) mass is 340 g/mol. The molecule has 2 rings (SSSR count). The summed E-state index contributed by atoms with van der Waals surface area (Å²) >= 11 is 0. The molecule has 1 amide bonds. The van der Waals surface area contributed by atoms with Gasteiger partial charge < -0.3 is 10.1 Å². The van der Waals surface area contributed by atoms with Crippen LogP contribution in [0, 0.1) is 0 Å². The molecule has 1 heterocycles. The highest BCUT2D eigenvalue weighted by atomic mass is 32.2. The van der Waals surface area contributed by atoms with Gasteiger partial charge in [-0.25, -0.2) is 8.42 Å². The van der Waals surface area contributed by atoms with E-state index in [0.29, 0.717) is 31.8 Å². The molecule has 1 aromatic rings. The van der Waals surface area contributed by atoms with Crippen LogP contribution in [0.1, 0.15) is 33.1 Å². The Hall–Kier alpha value is -1.44. The fraction of sp³-hybridized carbons (Fsp3) is 0.562. The zero-order valence-electron chi connectivity index (χ0n) is 13.6. The Kier molecular flexibility index (Phi) is 6.15. The third kappa shape index (κ3) is 4.76. The molecule has 0 aliphatic carbocycles. The minimum absolute atomic E-state index is 0.0959. The summed E-state index contributed by atoms with van der Waals surface area (Å²) in [6.07, 6.45) is 2.08. The summed E-state index contributed by atoms with van der Waals surface area (Å²) in [7, 11) is -3.57. The number of anilines is 1. The predicted molar refractivity (Wildman–Crippen MR) is 88.8 cm³/mol. The molecule has 1 fully saturated rings. The number of nitrogens with zero attached hydrogens (tertiary/aromatic N) is 1. The van der Waals surface area contributed by atoms with Gasteiger partial charge in [0.05, 0.1) is 17.6 Å². The minimum Gasteiger partial charge on any atom is -0.376 e. The molecule has 128 valence electrons. The minimum atomic E-state index is -3.57. The van der Waals surface area contributed by atoms with Crippen LogP contribution in [0.2, 0.25) is 0 Å². The number of carbonyl (C=O) groups is 1. The molecular formula is C16H24N2O4S. The molecule has 1 atom stereocenters. The van der Waals surface area contributed by atoms with Crippen LogP contribution in [0.4, 0.5) is 5.69 Å². The third-order valence-corrected chi connectivity index (χ3v) is 5.58. The molecule has 0 aromatic heterocycles. The Morgan fingerprint density at radius 3 is 2.91 bits per heavy atom. The number of nitrogens with one attached hydrogen (secondary N) is 1. The van der Waals surface area contributed by atoms with Gasteiger partial charge in [0.25, 0.3) is 0 Å². The van der Waals surface area contributed by atoms with Crippen LogP contribution in [0.25, 0.3) is 0 Å². The van der Waals surface area contributed by atoms with E-state index >= 15 is 0 Å². The molecule has 1 aromatic carbocycles. The molecule has 1 N–H and O–H groups in total. The van der Waals surface area contributed by atoms with E-state index in [1.807, 2.05) is 13.8 Å². The molecule has 7 heteroatoms. The summed E-state index contributed by atoms with van der Waals surface area (Å²) in [5, 5.41) is 2.75. The Labute approximate surface area is 137 Å². The highest BCUT2D eigenvalue weighted by Crippen LogP contribution is 2.21. The van der Waals surface area contributed by atoms with Gasteiger partial charge in [-0.3, -0.25) is 4.79 Å². The van der Waals surface area contributed by atoms with Crippen molar-refractivity contribution in [2.45, 2.75) is 44.1 Å². The third-order valence-electron chi connectivity index (χ3n) is 3.72. The van der Waals surface area contributed by atoms with E-state index in [4.69, 9.17) is 4.74 Å². The van der Waals surface area contributed by atoms with Gasteiger partial charge in [-0.15, -0.1) is 0 Å². The first-order valence-electron chi connectivity index (χ1n) is 7.95. The zero-order valence-corrected chi connectivity index (χ0v) is 14.4. The first kappa shape index (κ1) is 17.9. The number of amides is 1. The van der Waals surface area contributed by atoms with Crippen molar-refractivity contribution in [1.29, 1.82) is 0 Å². The number of morpholine rings is 1. The van der Waals surface area contributed by atoms with E-state index in [9.17, 15) is 13.2 Å². The number of ether oxygens (including phenoxy) is 1. The molecule has 0 spiro atoms. The highest BCUT2D eigenvalue weighted by Gasteiger charge is 2.29. The maximum atomic E-state index is 12.7. The van der Waals surface area contributed by atoms with Crippen LogP contribution in [-0.2, 0) is 19.6 Å². The SMILES string of the molecule is CCCCC(=O)Nc1cccc(S(=O)(=O)N2CCOC(C)C2)c1. The molecular weight excluding hydrogens is 316 g/mol. The number of benzene rings is 1.